The van der Waals surface area contributed by atoms with E-state index in [1.165, 1.54) is 0 Å². The third-order valence-corrected chi connectivity index (χ3v) is 4.16. The molecule has 132 valence electrons. The SMILES string of the molecule is O=C(COc1ccc(Cl)cc1)Nc1ccc(NCC2CCCO2)cc1. The van der Waals surface area contributed by atoms with Crippen molar-refractivity contribution in [3.63, 3.8) is 0 Å². The van der Waals surface area contributed by atoms with Crippen LogP contribution in [0.3, 0.4) is 0 Å². The molecule has 0 aliphatic carbocycles. The molecule has 2 aromatic rings. The van der Waals surface area contributed by atoms with Crippen molar-refractivity contribution >= 4 is 28.9 Å². The number of carbonyl (C=O) groups is 1. The number of hydrogen-bond donors (Lipinski definition) is 2. The van der Waals surface area contributed by atoms with Crippen molar-refractivity contribution in [1.29, 1.82) is 0 Å². The molecule has 3 rings (SSSR count). The maximum absolute atomic E-state index is 11.9. The molecule has 1 unspecified atom stereocenters. The van der Waals surface area contributed by atoms with Gasteiger partial charge in [0.15, 0.2) is 6.61 Å². The van der Waals surface area contributed by atoms with E-state index >= 15 is 0 Å². The van der Waals surface area contributed by atoms with E-state index < -0.39 is 0 Å². The van der Waals surface area contributed by atoms with Crippen LogP contribution in [0.1, 0.15) is 12.8 Å². The molecular formula is C19H21ClN2O3. The number of anilines is 2. The van der Waals surface area contributed by atoms with Crippen LogP contribution >= 0.6 is 11.6 Å². The normalized spacial score (nSPS) is 16.4. The lowest BCUT2D eigenvalue weighted by atomic mass is 10.2. The van der Waals surface area contributed by atoms with Crippen LogP contribution in [0.4, 0.5) is 11.4 Å². The molecule has 1 atom stereocenters. The maximum atomic E-state index is 11.9. The molecule has 1 aliphatic heterocycles. The number of hydrogen-bond acceptors (Lipinski definition) is 4. The summed E-state index contributed by atoms with van der Waals surface area (Å²) >= 11 is 5.81. The largest absolute Gasteiger partial charge is 0.484 e. The molecule has 1 saturated heterocycles. The second-order valence-electron chi connectivity index (χ2n) is 5.88. The number of benzene rings is 2. The predicted molar refractivity (Wildman–Crippen MR) is 99.5 cm³/mol. The monoisotopic (exact) mass is 360 g/mol. The maximum Gasteiger partial charge on any atom is 0.262 e. The first-order chi connectivity index (χ1) is 12.2. The average molecular weight is 361 g/mol. The van der Waals surface area contributed by atoms with Gasteiger partial charge < -0.3 is 20.1 Å². The van der Waals surface area contributed by atoms with Crippen molar-refractivity contribution in [2.24, 2.45) is 0 Å². The molecule has 0 spiro atoms. The highest BCUT2D eigenvalue weighted by molar-refractivity contribution is 6.30. The minimum atomic E-state index is -0.213. The highest BCUT2D eigenvalue weighted by Crippen LogP contribution is 2.17. The fourth-order valence-corrected chi connectivity index (χ4v) is 2.71. The van der Waals surface area contributed by atoms with E-state index in [1.54, 1.807) is 24.3 Å². The Bertz CT molecular complexity index is 683. The third kappa shape index (κ3) is 5.66. The first kappa shape index (κ1) is 17.6. The minimum absolute atomic E-state index is 0.0549. The molecule has 5 nitrogen and oxygen atoms in total. The van der Waals surface area contributed by atoms with Crippen LogP contribution in [-0.2, 0) is 9.53 Å². The number of rotatable bonds is 7. The fraction of sp³-hybridized carbons (Fsp3) is 0.316. The number of carbonyl (C=O) groups excluding carboxylic acids is 1. The number of ether oxygens (including phenoxy) is 2. The van der Waals surface area contributed by atoms with Crippen LogP contribution < -0.4 is 15.4 Å². The van der Waals surface area contributed by atoms with Gasteiger partial charge in [0.25, 0.3) is 5.91 Å². The summed E-state index contributed by atoms with van der Waals surface area (Å²) in [4.78, 5) is 11.9. The van der Waals surface area contributed by atoms with Gasteiger partial charge in [-0.2, -0.15) is 0 Å². The molecule has 6 heteroatoms. The summed E-state index contributed by atoms with van der Waals surface area (Å²) in [5.41, 5.74) is 1.73. The average Bonchev–Trinajstić information content (AvgIpc) is 3.14. The summed E-state index contributed by atoms with van der Waals surface area (Å²) in [7, 11) is 0. The Morgan fingerprint density at radius 2 is 1.84 bits per heavy atom. The van der Waals surface area contributed by atoms with Crippen LogP contribution in [0.15, 0.2) is 48.5 Å². The van der Waals surface area contributed by atoms with Crippen molar-refractivity contribution in [2.75, 3.05) is 30.4 Å². The lowest BCUT2D eigenvalue weighted by Crippen LogP contribution is -2.20. The van der Waals surface area contributed by atoms with E-state index in [4.69, 9.17) is 21.1 Å². The summed E-state index contributed by atoms with van der Waals surface area (Å²) < 4.78 is 11.0. The molecule has 0 radical (unpaired) electrons. The molecular weight excluding hydrogens is 340 g/mol. The Morgan fingerprint density at radius 3 is 2.52 bits per heavy atom. The zero-order valence-electron chi connectivity index (χ0n) is 13.8. The van der Waals surface area contributed by atoms with Crippen molar-refractivity contribution in [3.8, 4) is 5.75 Å². The number of halogens is 1. The molecule has 1 aliphatic rings. The zero-order valence-corrected chi connectivity index (χ0v) is 14.6. The predicted octanol–water partition coefficient (Wildman–Crippen LogP) is 3.95. The van der Waals surface area contributed by atoms with E-state index in [2.05, 4.69) is 10.6 Å². The lowest BCUT2D eigenvalue weighted by Gasteiger charge is -2.12. The Balaban J connectivity index is 1.42. The molecule has 1 heterocycles. The van der Waals surface area contributed by atoms with E-state index in [9.17, 15) is 4.79 Å². The summed E-state index contributed by atoms with van der Waals surface area (Å²) in [5.74, 6) is 0.392. The van der Waals surface area contributed by atoms with Crippen molar-refractivity contribution < 1.29 is 14.3 Å². The highest BCUT2D eigenvalue weighted by atomic mass is 35.5. The van der Waals surface area contributed by atoms with E-state index in [0.717, 1.165) is 37.4 Å². The first-order valence-corrected chi connectivity index (χ1v) is 8.70. The Morgan fingerprint density at radius 1 is 1.12 bits per heavy atom. The second-order valence-corrected chi connectivity index (χ2v) is 6.32. The third-order valence-electron chi connectivity index (χ3n) is 3.91. The van der Waals surface area contributed by atoms with Crippen LogP contribution in [0.2, 0.25) is 5.02 Å². The number of nitrogens with one attached hydrogen (secondary N) is 2. The minimum Gasteiger partial charge on any atom is -0.484 e. The van der Waals surface area contributed by atoms with Gasteiger partial charge in [0, 0.05) is 29.5 Å². The van der Waals surface area contributed by atoms with E-state index in [1.807, 2.05) is 24.3 Å². The molecule has 2 N–H and O–H groups in total. The standard InChI is InChI=1S/C19H21ClN2O3/c20-14-3-9-17(10-4-14)25-13-19(23)22-16-7-5-15(6-8-16)21-12-18-2-1-11-24-18/h3-10,18,21H,1-2,11-13H2,(H,22,23). The van der Waals surface area contributed by atoms with Crippen molar-refractivity contribution in [2.45, 2.75) is 18.9 Å². The molecule has 2 aromatic carbocycles. The van der Waals surface area contributed by atoms with Gasteiger partial charge in [-0.15, -0.1) is 0 Å². The number of amides is 1. The molecule has 1 amide bonds. The lowest BCUT2D eigenvalue weighted by molar-refractivity contribution is -0.118. The van der Waals surface area contributed by atoms with Crippen LogP contribution in [0.5, 0.6) is 5.75 Å². The van der Waals surface area contributed by atoms with Gasteiger partial charge in [-0.1, -0.05) is 11.6 Å². The summed E-state index contributed by atoms with van der Waals surface area (Å²) in [6.45, 7) is 1.61. The molecule has 0 saturated carbocycles. The van der Waals surface area contributed by atoms with Crippen LogP contribution in [0, 0.1) is 0 Å². The Hall–Kier alpha value is -2.24. The van der Waals surface area contributed by atoms with Gasteiger partial charge in [-0.05, 0) is 61.4 Å². The van der Waals surface area contributed by atoms with E-state index in [0.29, 0.717) is 16.9 Å². The van der Waals surface area contributed by atoms with Gasteiger partial charge in [0.2, 0.25) is 0 Å². The first-order valence-electron chi connectivity index (χ1n) is 8.33. The molecule has 1 fully saturated rings. The van der Waals surface area contributed by atoms with Gasteiger partial charge in [0.1, 0.15) is 5.75 Å². The molecule has 0 aromatic heterocycles. The fourth-order valence-electron chi connectivity index (χ4n) is 2.59. The van der Waals surface area contributed by atoms with Crippen molar-refractivity contribution in [3.05, 3.63) is 53.6 Å². The van der Waals surface area contributed by atoms with Crippen LogP contribution in [-0.4, -0.2) is 31.8 Å². The van der Waals surface area contributed by atoms with Gasteiger partial charge >= 0.3 is 0 Å². The van der Waals surface area contributed by atoms with E-state index in [-0.39, 0.29) is 12.5 Å². The highest BCUT2D eigenvalue weighted by Gasteiger charge is 2.14. The smallest absolute Gasteiger partial charge is 0.262 e. The topological polar surface area (TPSA) is 59.6 Å². The quantitative estimate of drug-likeness (QED) is 0.785. The summed E-state index contributed by atoms with van der Waals surface area (Å²) in [5, 5.41) is 6.78. The molecule has 25 heavy (non-hydrogen) atoms. The Labute approximate surface area is 152 Å². The second kappa shape index (κ2) is 8.74. The van der Waals surface area contributed by atoms with Crippen molar-refractivity contribution in [1.82, 2.24) is 0 Å². The van der Waals surface area contributed by atoms with Gasteiger partial charge in [0.05, 0.1) is 6.10 Å². The molecule has 0 bridgehead atoms. The van der Waals surface area contributed by atoms with Crippen LogP contribution in [0.25, 0.3) is 0 Å². The summed E-state index contributed by atoms with van der Waals surface area (Å²) in [6.07, 6.45) is 2.54. The van der Waals surface area contributed by atoms with Gasteiger partial charge in [-0.3, -0.25) is 4.79 Å². The van der Waals surface area contributed by atoms with Gasteiger partial charge in [-0.25, -0.2) is 0 Å². The summed E-state index contributed by atoms with van der Waals surface area (Å²) in [6, 6.07) is 14.5. The zero-order chi connectivity index (χ0) is 17.5. The Kier molecular flexibility index (Phi) is 6.14.